The Balaban J connectivity index is 1.50. The molecule has 180 valence electrons. The molecule has 35 heavy (non-hydrogen) atoms. The first-order chi connectivity index (χ1) is 16.7. The molecule has 2 unspecified atom stereocenters. The lowest BCUT2D eigenvalue weighted by molar-refractivity contribution is 0.471. The summed E-state index contributed by atoms with van der Waals surface area (Å²) < 4.78 is 55.5. The Hall–Kier alpha value is -3.83. The molecule has 0 amide bonds. The van der Waals surface area contributed by atoms with E-state index in [1.165, 1.54) is 28.6 Å². The average molecular weight is 499 g/mol. The van der Waals surface area contributed by atoms with Gasteiger partial charge in [-0.15, -0.1) is 0 Å². The number of halogens is 2. The Labute approximate surface area is 198 Å². The van der Waals surface area contributed by atoms with Crippen LogP contribution in [0.5, 0.6) is 0 Å². The molecule has 0 spiro atoms. The zero-order valence-corrected chi connectivity index (χ0v) is 19.0. The molecule has 0 saturated carbocycles. The van der Waals surface area contributed by atoms with Crippen LogP contribution in [0.25, 0.3) is 11.0 Å². The van der Waals surface area contributed by atoms with E-state index < -0.39 is 38.8 Å². The highest BCUT2D eigenvalue weighted by atomic mass is 32.2. The van der Waals surface area contributed by atoms with Crippen LogP contribution in [0.2, 0.25) is 0 Å². The molecule has 3 aromatic carbocycles. The normalized spacial score (nSPS) is 18.7. The van der Waals surface area contributed by atoms with Crippen molar-refractivity contribution in [2.24, 2.45) is 0 Å². The number of hydrogen-bond donors (Lipinski definition) is 3. The highest BCUT2D eigenvalue weighted by molar-refractivity contribution is 7.89. The standard InChI is InChI=1S/C24H20F2N4O4S/c25-18-8-6-15(10-19(18)26)27-22-13-30(12-17(22)14-4-2-1-3-5-14)35(33,34)16-7-9-20-21(11-16)29-24(32)23(31)28-20/h1-11,17,22,27H,12-13H2,(H,28,31)(H,29,32). The molecule has 3 N–H and O–H groups in total. The first-order valence-corrected chi connectivity index (χ1v) is 12.2. The molecule has 1 aliphatic heterocycles. The Morgan fingerprint density at radius 3 is 2.26 bits per heavy atom. The van der Waals surface area contributed by atoms with Crippen molar-refractivity contribution in [3.05, 3.63) is 105 Å². The molecule has 8 nitrogen and oxygen atoms in total. The fourth-order valence-electron chi connectivity index (χ4n) is 4.35. The summed E-state index contributed by atoms with van der Waals surface area (Å²) in [6.45, 7) is 0.217. The summed E-state index contributed by atoms with van der Waals surface area (Å²) in [5.41, 5.74) is 0.00521. The minimum absolute atomic E-state index is 0.0482. The first-order valence-electron chi connectivity index (χ1n) is 10.8. The van der Waals surface area contributed by atoms with Crippen LogP contribution in [-0.4, -0.2) is 41.8 Å². The van der Waals surface area contributed by atoms with Gasteiger partial charge in [0.1, 0.15) is 0 Å². The van der Waals surface area contributed by atoms with Gasteiger partial charge in [-0.1, -0.05) is 30.3 Å². The van der Waals surface area contributed by atoms with Crippen LogP contribution in [-0.2, 0) is 10.0 Å². The van der Waals surface area contributed by atoms with Gasteiger partial charge >= 0.3 is 11.1 Å². The molecule has 1 aromatic heterocycles. The number of nitrogens with zero attached hydrogens (tertiary/aromatic N) is 1. The lowest BCUT2D eigenvalue weighted by Crippen LogP contribution is -2.32. The van der Waals surface area contributed by atoms with Crippen molar-refractivity contribution in [2.45, 2.75) is 16.9 Å². The largest absolute Gasteiger partial charge is 0.380 e. The van der Waals surface area contributed by atoms with Gasteiger partial charge in [0.2, 0.25) is 10.0 Å². The van der Waals surface area contributed by atoms with E-state index in [9.17, 15) is 26.8 Å². The molecule has 2 heterocycles. The number of fused-ring (bicyclic) bond motifs is 1. The van der Waals surface area contributed by atoms with Gasteiger partial charge in [-0.25, -0.2) is 17.2 Å². The van der Waals surface area contributed by atoms with Gasteiger partial charge < -0.3 is 15.3 Å². The maximum atomic E-state index is 13.8. The number of anilines is 1. The lowest BCUT2D eigenvalue weighted by Gasteiger charge is -2.21. The second kappa shape index (κ2) is 8.75. The smallest absolute Gasteiger partial charge is 0.314 e. The van der Waals surface area contributed by atoms with E-state index in [0.717, 1.165) is 17.7 Å². The monoisotopic (exact) mass is 498 g/mol. The number of aromatic nitrogens is 2. The molecule has 0 bridgehead atoms. The van der Waals surface area contributed by atoms with Gasteiger partial charge in [0.25, 0.3) is 0 Å². The van der Waals surface area contributed by atoms with Gasteiger partial charge in [-0.3, -0.25) is 9.59 Å². The van der Waals surface area contributed by atoms with Crippen LogP contribution in [0.4, 0.5) is 14.5 Å². The van der Waals surface area contributed by atoms with Crippen molar-refractivity contribution >= 4 is 26.7 Å². The summed E-state index contributed by atoms with van der Waals surface area (Å²) >= 11 is 0. The fraction of sp³-hybridized carbons (Fsp3) is 0.167. The van der Waals surface area contributed by atoms with Crippen LogP contribution in [0.1, 0.15) is 11.5 Å². The third-order valence-electron chi connectivity index (χ3n) is 6.12. The van der Waals surface area contributed by atoms with Crippen molar-refractivity contribution < 1.29 is 17.2 Å². The maximum absolute atomic E-state index is 13.8. The zero-order valence-electron chi connectivity index (χ0n) is 18.2. The third kappa shape index (κ3) is 4.35. The minimum atomic E-state index is -3.99. The van der Waals surface area contributed by atoms with E-state index in [2.05, 4.69) is 15.3 Å². The van der Waals surface area contributed by atoms with Gasteiger partial charge in [0.05, 0.1) is 15.9 Å². The van der Waals surface area contributed by atoms with E-state index in [-0.39, 0.29) is 29.4 Å². The van der Waals surface area contributed by atoms with E-state index in [1.807, 2.05) is 30.3 Å². The maximum Gasteiger partial charge on any atom is 0.314 e. The molecule has 0 radical (unpaired) electrons. The van der Waals surface area contributed by atoms with Gasteiger partial charge in [0.15, 0.2) is 11.6 Å². The Kier molecular flexibility index (Phi) is 5.73. The molecule has 11 heteroatoms. The Bertz CT molecular complexity index is 1640. The summed E-state index contributed by atoms with van der Waals surface area (Å²) in [6.07, 6.45) is 0. The number of rotatable bonds is 5. The second-order valence-electron chi connectivity index (χ2n) is 8.33. The number of H-pyrrole nitrogens is 2. The second-order valence-corrected chi connectivity index (χ2v) is 10.3. The predicted molar refractivity (Wildman–Crippen MR) is 127 cm³/mol. The minimum Gasteiger partial charge on any atom is -0.380 e. The van der Waals surface area contributed by atoms with Gasteiger partial charge in [-0.2, -0.15) is 4.31 Å². The lowest BCUT2D eigenvalue weighted by atomic mass is 9.94. The summed E-state index contributed by atoms with van der Waals surface area (Å²) in [5, 5.41) is 3.15. The molecule has 4 aromatic rings. The van der Waals surface area contributed by atoms with Crippen molar-refractivity contribution in [2.75, 3.05) is 18.4 Å². The third-order valence-corrected chi connectivity index (χ3v) is 7.94. The number of hydrogen-bond acceptors (Lipinski definition) is 5. The molecule has 1 saturated heterocycles. The van der Waals surface area contributed by atoms with E-state index in [0.29, 0.717) is 11.2 Å². The average Bonchev–Trinajstić information content (AvgIpc) is 3.27. The number of benzene rings is 3. The number of aromatic amines is 2. The summed E-state index contributed by atoms with van der Waals surface area (Å²) in [6, 6.07) is 16.4. The van der Waals surface area contributed by atoms with Crippen molar-refractivity contribution in [1.29, 1.82) is 0 Å². The fourth-order valence-corrected chi connectivity index (χ4v) is 5.87. The summed E-state index contributed by atoms with van der Waals surface area (Å²) in [5.74, 6) is -2.24. The molecular formula is C24H20F2N4O4S. The predicted octanol–water partition coefficient (Wildman–Crippen LogP) is 2.76. The first kappa shape index (κ1) is 22.9. The van der Waals surface area contributed by atoms with Crippen LogP contribution in [0, 0.1) is 11.6 Å². The Morgan fingerprint density at radius 1 is 0.829 bits per heavy atom. The zero-order chi connectivity index (χ0) is 24.7. The van der Waals surface area contributed by atoms with Crippen molar-refractivity contribution in [3.63, 3.8) is 0 Å². The van der Waals surface area contributed by atoms with Crippen molar-refractivity contribution in [1.82, 2.24) is 14.3 Å². The highest BCUT2D eigenvalue weighted by Crippen LogP contribution is 2.34. The summed E-state index contributed by atoms with van der Waals surface area (Å²) in [4.78, 5) is 28.0. The van der Waals surface area contributed by atoms with Crippen LogP contribution in [0.15, 0.2) is 81.2 Å². The van der Waals surface area contributed by atoms with Crippen LogP contribution < -0.4 is 16.4 Å². The molecule has 5 rings (SSSR count). The van der Waals surface area contributed by atoms with Crippen LogP contribution >= 0.6 is 0 Å². The number of sulfonamides is 1. The van der Waals surface area contributed by atoms with E-state index in [1.54, 1.807) is 0 Å². The SMILES string of the molecule is O=c1[nH]c2ccc(S(=O)(=O)N3CC(Nc4ccc(F)c(F)c4)C(c4ccccc4)C3)cc2[nH]c1=O. The topological polar surface area (TPSA) is 115 Å². The molecule has 0 aliphatic carbocycles. The van der Waals surface area contributed by atoms with Gasteiger partial charge in [-0.05, 0) is 35.9 Å². The van der Waals surface area contributed by atoms with Gasteiger partial charge in [0, 0.05) is 36.8 Å². The number of nitrogens with one attached hydrogen (secondary N) is 3. The molecular weight excluding hydrogens is 478 g/mol. The summed E-state index contributed by atoms with van der Waals surface area (Å²) in [7, 11) is -3.99. The molecule has 2 atom stereocenters. The quantitative estimate of drug-likeness (QED) is 0.366. The highest BCUT2D eigenvalue weighted by Gasteiger charge is 2.40. The van der Waals surface area contributed by atoms with Crippen LogP contribution in [0.3, 0.4) is 0 Å². The van der Waals surface area contributed by atoms with Crippen molar-refractivity contribution in [3.8, 4) is 0 Å². The Morgan fingerprint density at radius 2 is 1.54 bits per heavy atom. The molecule has 1 fully saturated rings. The molecule has 1 aliphatic rings. The van der Waals surface area contributed by atoms with E-state index in [4.69, 9.17) is 0 Å². The van der Waals surface area contributed by atoms with E-state index >= 15 is 0 Å².